The molecule has 1 aliphatic heterocycles. The molecule has 0 aliphatic carbocycles. The molecule has 0 amide bonds. The topological polar surface area (TPSA) is 62.1 Å². The number of nitrogens with one attached hydrogen (secondary N) is 1. The average molecular weight is 306 g/mol. The highest BCUT2D eigenvalue weighted by Crippen LogP contribution is 2.39. The monoisotopic (exact) mass is 306 g/mol. The second-order valence-electron chi connectivity index (χ2n) is 4.35. The molecule has 2 atom stereocenters. The highest BCUT2D eigenvalue weighted by molar-refractivity contribution is 7.80. The molecule has 1 aromatic rings. The first kappa shape index (κ1) is 14.7. The van der Waals surface area contributed by atoms with Gasteiger partial charge < -0.3 is 10.1 Å². The Bertz CT molecular complexity index is 599. The fourth-order valence-corrected chi connectivity index (χ4v) is 3.49. The Hall–Kier alpha value is -1.71. The van der Waals surface area contributed by atoms with Gasteiger partial charge in [0.2, 0.25) is 0 Å². The van der Waals surface area contributed by atoms with Crippen LogP contribution in [0.25, 0.3) is 0 Å². The smallest absolute Gasteiger partial charge is 0.336 e. The van der Waals surface area contributed by atoms with Crippen LogP contribution in [0.5, 0.6) is 0 Å². The number of thiophene rings is 1. The van der Waals surface area contributed by atoms with Crippen molar-refractivity contribution in [1.29, 1.82) is 5.26 Å². The molecule has 4 nitrogen and oxygen atoms in total. The third kappa shape index (κ3) is 2.60. The third-order valence-electron chi connectivity index (χ3n) is 3.13. The van der Waals surface area contributed by atoms with Crippen LogP contribution in [0.2, 0.25) is 0 Å². The van der Waals surface area contributed by atoms with E-state index in [1.165, 1.54) is 11.3 Å². The summed E-state index contributed by atoms with van der Waals surface area (Å²) < 4.78 is 5.12. The molecule has 20 heavy (non-hydrogen) atoms. The second kappa shape index (κ2) is 6.16. The van der Waals surface area contributed by atoms with E-state index in [4.69, 9.17) is 17.0 Å². The molecular formula is C14H14N2O2S2. The van der Waals surface area contributed by atoms with E-state index >= 15 is 0 Å². The summed E-state index contributed by atoms with van der Waals surface area (Å²) in [5.41, 5.74) is 1.16. The Kier molecular flexibility index (Phi) is 4.53. The molecule has 2 rings (SSSR count). The predicted octanol–water partition coefficient (Wildman–Crippen LogP) is 2.74. The number of hydrogen-bond donors (Lipinski definition) is 1. The zero-order valence-corrected chi connectivity index (χ0v) is 12.8. The van der Waals surface area contributed by atoms with Gasteiger partial charge in [-0.2, -0.15) is 5.26 Å². The van der Waals surface area contributed by atoms with Gasteiger partial charge in [-0.15, -0.1) is 11.3 Å². The number of rotatable bonds is 3. The zero-order chi connectivity index (χ0) is 14.7. The first-order valence-corrected chi connectivity index (χ1v) is 7.50. The third-order valence-corrected chi connectivity index (χ3v) is 4.44. The van der Waals surface area contributed by atoms with Crippen LogP contribution in [0.4, 0.5) is 0 Å². The first-order chi connectivity index (χ1) is 9.60. The maximum atomic E-state index is 12.2. The van der Waals surface area contributed by atoms with Gasteiger partial charge in [0.25, 0.3) is 0 Å². The van der Waals surface area contributed by atoms with Crippen molar-refractivity contribution >= 4 is 34.5 Å². The number of hydrogen-bond acceptors (Lipinski definition) is 5. The molecule has 0 spiro atoms. The summed E-state index contributed by atoms with van der Waals surface area (Å²) in [7, 11) is 0. The Labute approximate surface area is 127 Å². The van der Waals surface area contributed by atoms with E-state index in [1.54, 1.807) is 13.8 Å². The van der Waals surface area contributed by atoms with Crippen molar-refractivity contribution in [3.8, 4) is 6.07 Å². The summed E-state index contributed by atoms with van der Waals surface area (Å²) >= 11 is 6.75. The molecule has 0 bridgehead atoms. The summed E-state index contributed by atoms with van der Waals surface area (Å²) in [6.45, 7) is 3.85. The van der Waals surface area contributed by atoms with Crippen LogP contribution in [0.3, 0.4) is 0 Å². The number of ether oxygens (including phenoxy) is 1. The number of nitrogens with zero attached hydrogens (tertiary/aromatic N) is 1. The maximum Gasteiger partial charge on any atom is 0.336 e. The van der Waals surface area contributed by atoms with Gasteiger partial charge in [-0.25, -0.2) is 4.79 Å². The number of nitriles is 1. The van der Waals surface area contributed by atoms with Crippen molar-refractivity contribution in [3.05, 3.63) is 33.7 Å². The van der Waals surface area contributed by atoms with Crippen molar-refractivity contribution in [1.82, 2.24) is 5.32 Å². The lowest BCUT2D eigenvalue weighted by molar-refractivity contribution is -0.139. The standard InChI is InChI=1S/C14H14N2O2S2/c1-3-18-14(17)11-8(2)16-13(19)9(7-15)12(11)10-5-4-6-20-10/h4-6,9,12H,3H2,1-2H3,(H,16,19)/t9-,12-/m1/s1. The van der Waals surface area contributed by atoms with E-state index in [-0.39, 0.29) is 5.92 Å². The molecule has 0 aromatic carbocycles. The summed E-state index contributed by atoms with van der Waals surface area (Å²) in [6, 6.07) is 6.02. The van der Waals surface area contributed by atoms with Gasteiger partial charge in [-0.05, 0) is 25.3 Å². The van der Waals surface area contributed by atoms with E-state index in [1.807, 2.05) is 17.5 Å². The molecule has 1 aromatic heterocycles. The lowest BCUT2D eigenvalue weighted by Gasteiger charge is -2.30. The Morgan fingerprint density at radius 1 is 1.65 bits per heavy atom. The Morgan fingerprint density at radius 2 is 2.40 bits per heavy atom. The zero-order valence-electron chi connectivity index (χ0n) is 11.2. The number of carbonyl (C=O) groups is 1. The van der Waals surface area contributed by atoms with Crippen LogP contribution in [-0.4, -0.2) is 17.6 Å². The normalized spacial score (nSPS) is 22.1. The summed E-state index contributed by atoms with van der Waals surface area (Å²) in [4.78, 5) is 13.6. The second-order valence-corrected chi connectivity index (χ2v) is 5.77. The van der Waals surface area contributed by atoms with Crippen LogP contribution < -0.4 is 5.32 Å². The molecular weight excluding hydrogens is 292 g/mol. The predicted molar refractivity (Wildman–Crippen MR) is 81.2 cm³/mol. The number of thiocarbonyl (C=S) groups is 1. The fraction of sp³-hybridized carbons (Fsp3) is 0.357. The number of allylic oxidation sites excluding steroid dienone is 1. The summed E-state index contributed by atoms with van der Waals surface area (Å²) in [5, 5.41) is 14.3. The van der Waals surface area contributed by atoms with E-state index in [0.29, 0.717) is 22.9 Å². The summed E-state index contributed by atoms with van der Waals surface area (Å²) in [5.74, 6) is -1.29. The summed E-state index contributed by atoms with van der Waals surface area (Å²) in [6.07, 6.45) is 0. The Morgan fingerprint density at radius 3 is 2.95 bits per heavy atom. The van der Waals surface area contributed by atoms with E-state index in [0.717, 1.165) is 4.88 Å². The van der Waals surface area contributed by atoms with Gasteiger partial charge in [0.05, 0.1) is 23.2 Å². The SMILES string of the molecule is CCOC(=O)C1=C(C)NC(=S)[C@H](C#N)[C@@H]1c1cccs1. The minimum absolute atomic E-state index is 0.300. The molecule has 0 saturated heterocycles. The maximum absolute atomic E-state index is 12.2. The van der Waals surface area contributed by atoms with Gasteiger partial charge in [0.1, 0.15) is 5.92 Å². The highest BCUT2D eigenvalue weighted by atomic mass is 32.1. The molecule has 0 radical (unpaired) electrons. The van der Waals surface area contributed by atoms with Crippen LogP contribution in [-0.2, 0) is 9.53 Å². The number of esters is 1. The fourth-order valence-electron chi connectivity index (χ4n) is 2.28. The molecule has 2 heterocycles. The molecule has 1 aliphatic rings. The van der Waals surface area contributed by atoms with E-state index < -0.39 is 11.9 Å². The van der Waals surface area contributed by atoms with Crippen molar-refractivity contribution < 1.29 is 9.53 Å². The first-order valence-electron chi connectivity index (χ1n) is 6.21. The molecule has 6 heteroatoms. The van der Waals surface area contributed by atoms with Crippen LogP contribution in [0, 0.1) is 17.2 Å². The van der Waals surface area contributed by atoms with Crippen LogP contribution in [0.15, 0.2) is 28.8 Å². The molecule has 0 unspecified atom stereocenters. The van der Waals surface area contributed by atoms with Gasteiger partial charge >= 0.3 is 5.97 Å². The van der Waals surface area contributed by atoms with Crippen molar-refractivity contribution in [2.75, 3.05) is 6.61 Å². The van der Waals surface area contributed by atoms with Gasteiger partial charge in [0.15, 0.2) is 0 Å². The molecule has 0 saturated carbocycles. The number of carbonyl (C=O) groups excluding carboxylic acids is 1. The lowest BCUT2D eigenvalue weighted by Crippen LogP contribution is -2.40. The lowest BCUT2D eigenvalue weighted by atomic mass is 9.81. The van der Waals surface area contributed by atoms with E-state index in [2.05, 4.69) is 11.4 Å². The quantitative estimate of drug-likeness (QED) is 0.687. The van der Waals surface area contributed by atoms with Crippen molar-refractivity contribution in [2.24, 2.45) is 5.92 Å². The van der Waals surface area contributed by atoms with E-state index in [9.17, 15) is 10.1 Å². The highest BCUT2D eigenvalue weighted by Gasteiger charge is 2.39. The Balaban J connectivity index is 2.53. The molecule has 1 N–H and O–H groups in total. The van der Waals surface area contributed by atoms with Crippen LogP contribution in [0.1, 0.15) is 24.6 Å². The minimum atomic E-state index is -0.549. The van der Waals surface area contributed by atoms with Crippen molar-refractivity contribution in [2.45, 2.75) is 19.8 Å². The average Bonchev–Trinajstić information content (AvgIpc) is 2.91. The largest absolute Gasteiger partial charge is 0.463 e. The van der Waals surface area contributed by atoms with Gasteiger partial charge in [-0.1, -0.05) is 18.3 Å². The van der Waals surface area contributed by atoms with Gasteiger partial charge in [0, 0.05) is 16.5 Å². The van der Waals surface area contributed by atoms with Crippen LogP contribution >= 0.6 is 23.6 Å². The molecule has 0 fully saturated rings. The molecule has 104 valence electrons. The van der Waals surface area contributed by atoms with Gasteiger partial charge in [-0.3, -0.25) is 0 Å². The van der Waals surface area contributed by atoms with Crippen molar-refractivity contribution in [3.63, 3.8) is 0 Å². The minimum Gasteiger partial charge on any atom is -0.463 e.